The first-order valence-electron chi connectivity index (χ1n) is 4.76. The Morgan fingerprint density at radius 1 is 1.47 bits per heavy atom. The maximum atomic E-state index is 11.4. The minimum absolute atomic E-state index is 0.0553. The van der Waals surface area contributed by atoms with Crippen LogP contribution in [0.4, 0.5) is 0 Å². The SMILES string of the molecule is CCNC(=O)C(C)NS(=O)(=O)CCCCl. The second-order valence-electron chi connectivity index (χ2n) is 3.10. The number of hydrogen-bond donors (Lipinski definition) is 2. The number of likely N-dealkylation sites (N-methyl/N-ethyl adjacent to an activating group) is 1. The molecule has 1 amide bonds. The van der Waals surface area contributed by atoms with Crippen molar-refractivity contribution < 1.29 is 13.2 Å². The molecule has 5 nitrogen and oxygen atoms in total. The molecule has 1 unspecified atom stereocenters. The van der Waals surface area contributed by atoms with E-state index >= 15 is 0 Å². The van der Waals surface area contributed by atoms with Gasteiger partial charge >= 0.3 is 0 Å². The van der Waals surface area contributed by atoms with Gasteiger partial charge in [0, 0.05) is 12.4 Å². The normalized spacial score (nSPS) is 13.5. The first kappa shape index (κ1) is 14.7. The van der Waals surface area contributed by atoms with Gasteiger partial charge in [-0.2, -0.15) is 0 Å². The van der Waals surface area contributed by atoms with Crippen LogP contribution in [0.2, 0.25) is 0 Å². The highest BCUT2D eigenvalue weighted by atomic mass is 35.5. The Hall–Kier alpha value is -0.330. The molecule has 0 aromatic carbocycles. The summed E-state index contributed by atoms with van der Waals surface area (Å²) in [5.74, 6) is -0.0941. The smallest absolute Gasteiger partial charge is 0.237 e. The fourth-order valence-electron chi connectivity index (χ4n) is 0.954. The molecule has 0 aliphatic rings. The topological polar surface area (TPSA) is 75.3 Å². The molecule has 90 valence electrons. The maximum Gasteiger partial charge on any atom is 0.237 e. The van der Waals surface area contributed by atoms with E-state index in [-0.39, 0.29) is 17.5 Å². The number of halogens is 1. The molecule has 0 saturated carbocycles. The van der Waals surface area contributed by atoms with Crippen molar-refractivity contribution in [2.45, 2.75) is 26.3 Å². The number of hydrogen-bond acceptors (Lipinski definition) is 3. The second kappa shape index (κ2) is 7.03. The Balaban J connectivity index is 4.15. The largest absolute Gasteiger partial charge is 0.355 e. The van der Waals surface area contributed by atoms with Gasteiger partial charge < -0.3 is 5.32 Å². The van der Waals surface area contributed by atoms with Gasteiger partial charge in [-0.05, 0) is 20.3 Å². The van der Waals surface area contributed by atoms with Crippen LogP contribution in [0.1, 0.15) is 20.3 Å². The molecule has 0 spiro atoms. The number of carbonyl (C=O) groups is 1. The Labute approximate surface area is 95.6 Å². The Morgan fingerprint density at radius 3 is 2.53 bits per heavy atom. The first-order valence-corrected chi connectivity index (χ1v) is 6.95. The fraction of sp³-hybridized carbons (Fsp3) is 0.875. The number of amides is 1. The van der Waals surface area contributed by atoms with Crippen LogP contribution in [0, 0.1) is 0 Å². The summed E-state index contributed by atoms with van der Waals surface area (Å²) < 4.78 is 25.0. The average Bonchev–Trinajstić information content (AvgIpc) is 2.14. The van der Waals surface area contributed by atoms with Gasteiger partial charge in [0.2, 0.25) is 15.9 Å². The number of nitrogens with one attached hydrogen (secondary N) is 2. The van der Waals surface area contributed by atoms with Gasteiger partial charge in [0.1, 0.15) is 0 Å². The predicted octanol–water partition coefficient (Wildman–Crippen LogP) is 0.0593. The molecule has 2 N–H and O–H groups in total. The highest BCUT2D eigenvalue weighted by molar-refractivity contribution is 7.89. The van der Waals surface area contributed by atoms with Crippen molar-refractivity contribution in [1.29, 1.82) is 0 Å². The molecule has 0 heterocycles. The van der Waals surface area contributed by atoms with E-state index in [0.29, 0.717) is 13.0 Å². The summed E-state index contributed by atoms with van der Waals surface area (Å²) in [6.07, 6.45) is 0.374. The van der Waals surface area contributed by atoms with Crippen LogP contribution >= 0.6 is 11.6 Å². The van der Waals surface area contributed by atoms with Gasteiger partial charge in [0.05, 0.1) is 11.8 Å². The fourth-order valence-corrected chi connectivity index (χ4v) is 2.53. The molecule has 0 rings (SSSR count). The molecular weight excluding hydrogens is 240 g/mol. The third-order valence-corrected chi connectivity index (χ3v) is 3.45. The number of carbonyl (C=O) groups excluding carboxylic acids is 1. The Bertz CT molecular complexity index is 292. The molecular formula is C8H17ClN2O3S. The number of alkyl halides is 1. The summed E-state index contributed by atoms with van der Waals surface area (Å²) in [6.45, 7) is 3.75. The lowest BCUT2D eigenvalue weighted by molar-refractivity contribution is -0.122. The van der Waals surface area contributed by atoms with Gasteiger partial charge in [0.25, 0.3) is 0 Å². The standard InChI is InChI=1S/C8H17ClN2O3S/c1-3-10-8(12)7(2)11-15(13,14)6-4-5-9/h7,11H,3-6H2,1-2H3,(H,10,12). The second-order valence-corrected chi connectivity index (χ2v) is 5.35. The lowest BCUT2D eigenvalue weighted by atomic mass is 10.3. The monoisotopic (exact) mass is 256 g/mol. The van der Waals surface area contributed by atoms with Crippen molar-refractivity contribution in [2.24, 2.45) is 0 Å². The third kappa shape index (κ3) is 6.70. The van der Waals surface area contributed by atoms with Crippen LogP contribution in [-0.4, -0.2) is 38.5 Å². The lowest BCUT2D eigenvalue weighted by Crippen LogP contribution is -2.45. The summed E-state index contributed by atoms with van der Waals surface area (Å²) in [7, 11) is -3.40. The van der Waals surface area contributed by atoms with Gasteiger partial charge in [-0.1, -0.05) is 0 Å². The maximum absolute atomic E-state index is 11.4. The molecule has 0 aliphatic carbocycles. The number of sulfonamides is 1. The van der Waals surface area contributed by atoms with E-state index in [1.165, 1.54) is 6.92 Å². The van der Waals surface area contributed by atoms with Crippen LogP contribution in [0.25, 0.3) is 0 Å². The van der Waals surface area contributed by atoms with Crippen molar-refractivity contribution in [1.82, 2.24) is 10.0 Å². The predicted molar refractivity (Wildman–Crippen MR) is 60.4 cm³/mol. The molecule has 0 aromatic heterocycles. The highest BCUT2D eigenvalue weighted by Crippen LogP contribution is 1.94. The van der Waals surface area contributed by atoms with Gasteiger partial charge in [-0.15, -0.1) is 11.6 Å². The Kier molecular flexibility index (Phi) is 6.87. The molecule has 0 saturated heterocycles. The van der Waals surface area contributed by atoms with Gasteiger partial charge in [-0.25, -0.2) is 13.1 Å². The zero-order valence-corrected chi connectivity index (χ0v) is 10.5. The summed E-state index contributed by atoms with van der Waals surface area (Å²) in [6, 6.07) is -0.745. The van der Waals surface area contributed by atoms with Crippen LogP contribution < -0.4 is 10.0 Å². The van der Waals surface area contributed by atoms with E-state index in [0.717, 1.165) is 0 Å². The molecule has 7 heteroatoms. The molecule has 0 fully saturated rings. The summed E-state index contributed by atoms with van der Waals surface area (Å²) in [5.41, 5.74) is 0. The van der Waals surface area contributed by atoms with E-state index in [4.69, 9.17) is 11.6 Å². The van der Waals surface area contributed by atoms with Crippen molar-refractivity contribution >= 4 is 27.5 Å². The quantitative estimate of drug-likeness (QED) is 0.633. The molecule has 0 aromatic rings. The minimum atomic E-state index is -3.40. The van der Waals surface area contributed by atoms with Gasteiger partial charge in [-0.3, -0.25) is 4.79 Å². The van der Waals surface area contributed by atoms with Crippen LogP contribution in [0.15, 0.2) is 0 Å². The molecule has 0 radical (unpaired) electrons. The van der Waals surface area contributed by atoms with Crippen molar-refractivity contribution in [3.63, 3.8) is 0 Å². The molecule has 15 heavy (non-hydrogen) atoms. The zero-order valence-electron chi connectivity index (χ0n) is 8.92. The summed E-state index contributed by atoms with van der Waals surface area (Å²) >= 11 is 5.38. The lowest BCUT2D eigenvalue weighted by Gasteiger charge is -2.13. The zero-order chi connectivity index (χ0) is 11.9. The molecule has 0 aliphatic heterocycles. The van der Waals surface area contributed by atoms with Crippen LogP contribution in [0.3, 0.4) is 0 Å². The summed E-state index contributed by atoms with van der Waals surface area (Å²) in [5, 5.41) is 2.53. The molecule has 0 bridgehead atoms. The average molecular weight is 257 g/mol. The summed E-state index contributed by atoms with van der Waals surface area (Å²) in [4.78, 5) is 11.2. The highest BCUT2D eigenvalue weighted by Gasteiger charge is 2.18. The minimum Gasteiger partial charge on any atom is -0.355 e. The van der Waals surface area contributed by atoms with E-state index in [2.05, 4.69) is 10.0 Å². The molecule has 1 atom stereocenters. The first-order chi connectivity index (χ1) is 6.93. The van der Waals surface area contributed by atoms with E-state index in [1.807, 2.05) is 0 Å². The Morgan fingerprint density at radius 2 is 2.07 bits per heavy atom. The van der Waals surface area contributed by atoms with Crippen molar-refractivity contribution in [2.75, 3.05) is 18.2 Å². The van der Waals surface area contributed by atoms with E-state index < -0.39 is 16.1 Å². The van der Waals surface area contributed by atoms with Crippen molar-refractivity contribution in [3.05, 3.63) is 0 Å². The van der Waals surface area contributed by atoms with Gasteiger partial charge in [0.15, 0.2) is 0 Å². The van der Waals surface area contributed by atoms with E-state index in [9.17, 15) is 13.2 Å². The number of rotatable bonds is 7. The third-order valence-electron chi connectivity index (χ3n) is 1.65. The van der Waals surface area contributed by atoms with Crippen LogP contribution in [0.5, 0.6) is 0 Å². The van der Waals surface area contributed by atoms with Crippen LogP contribution in [-0.2, 0) is 14.8 Å². The van der Waals surface area contributed by atoms with Crippen molar-refractivity contribution in [3.8, 4) is 0 Å². The van der Waals surface area contributed by atoms with E-state index in [1.54, 1.807) is 6.92 Å².